The summed E-state index contributed by atoms with van der Waals surface area (Å²) >= 11 is 7.60. The summed E-state index contributed by atoms with van der Waals surface area (Å²) in [7, 11) is 1.50. The lowest BCUT2D eigenvalue weighted by Gasteiger charge is -2.34. The molecule has 4 aromatic rings. The van der Waals surface area contributed by atoms with E-state index >= 15 is 0 Å². The first-order valence-corrected chi connectivity index (χ1v) is 20.4. The third kappa shape index (κ3) is 9.41. The predicted molar refractivity (Wildman–Crippen MR) is 219 cm³/mol. The molecule has 0 spiro atoms. The molecule has 1 unspecified atom stereocenters. The normalized spacial score (nSPS) is 17.2. The number of carbonyl (C=O) groups is 5. The molecular weight excluding hydrogens is 787 g/mol. The third-order valence-electron chi connectivity index (χ3n) is 10.3. The Morgan fingerprint density at radius 1 is 1.07 bits per heavy atom. The highest BCUT2D eigenvalue weighted by Gasteiger charge is 2.39. The van der Waals surface area contributed by atoms with Crippen molar-refractivity contribution in [1.82, 2.24) is 30.0 Å². The molecule has 7 rings (SSSR count). The van der Waals surface area contributed by atoms with Gasteiger partial charge in [0.15, 0.2) is 0 Å². The molecule has 1 aromatic heterocycles. The van der Waals surface area contributed by atoms with Crippen LogP contribution >= 0.6 is 23.4 Å². The molecule has 0 saturated carbocycles. The number of benzene rings is 3. The summed E-state index contributed by atoms with van der Waals surface area (Å²) in [6.07, 6.45) is 7.22. The third-order valence-corrected chi connectivity index (χ3v) is 11.8. The van der Waals surface area contributed by atoms with Crippen molar-refractivity contribution in [2.45, 2.75) is 49.6 Å². The molecule has 58 heavy (non-hydrogen) atoms. The molecule has 3 aliphatic rings. The topological polar surface area (TPSA) is 166 Å². The van der Waals surface area contributed by atoms with Gasteiger partial charge in [-0.05, 0) is 67.0 Å². The van der Waals surface area contributed by atoms with Crippen molar-refractivity contribution in [2.24, 2.45) is 0 Å². The Labute approximate surface area is 343 Å². The van der Waals surface area contributed by atoms with Crippen molar-refractivity contribution in [1.29, 1.82) is 0 Å². The summed E-state index contributed by atoms with van der Waals surface area (Å²) in [6.45, 7) is 3.48. The van der Waals surface area contributed by atoms with E-state index in [0.29, 0.717) is 91.5 Å². The number of piperidine rings is 1. The molecule has 0 radical (unpaired) electrons. The Balaban J connectivity index is 0.830. The molecule has 4 heterocycles. The summed E-state index contributed by atoms with van der Waals surface area (Å²) in [6, 6.07) is 12.6. The van der Waals surface area contributed by atoms with Crippen molar-refractivity contribution >= 4 is 81.0 Å². The fourth-order valence-electron chi connectivity index (χ4n) is 7.23. The zero-order chi connectivity index (χ0) is 40.8. The summed E-state index contributed by atoms with van der Waals surface area (Å²) in [4.78, 5) is 78.4. The molecule has 2 saturated heterocycles. The summed E-state index contributed by atoms with van der Waals surface area (Å²) < 4.78 is 19.2. The van der Waals surface area contributed by atoms with Gasteiger partial charge in [-0.25, -0.2) is 14.4 Å². The minimum Gasteiger partial charge on any atom is -0.494 e. The van der Waals surface area contributed by atoms with Crippen LogP contribution in [0.2, 0.25) is 5.02 Å². The van der Waals surface area contributed by atoms with E-state index in [0.717, 1.165) is 29.1 Å². The minimum atomic E-state index is -0.646. The number of ether oxygens (including phenoxy) is 1. The second-order valence-electron chi connectivity index (χ2n) is 14.1. The van der Waals surface area contributed by atoms with Gasteiger partial charge in [-0.15, -0.1) is 11.8 Å². The van der Waals surface area contributed by atoms with Crippen LogP contribution in [0.3, 0.4) is 0 Å². The van der Waals surface area contributed by atoms with Crippen molar-refractivity contribution < 1.29 is 33.1 Å². The van der Waals surface area contributed by atoms with E-state index in [1.165, 1.54) is 31.6 Å². The number of nitrogens with one attached hydrogen (secondary N) is 3. The first-order valence-electron chi connectivity index (χ1n) is 19.0. The maximum Gasteiger partial charge on any atom is 0.255 e. The van der Waals surface area contributed by atoms with Crippen LogP contribution in [0.5, 0.6) is 5.75 Å². The van der Waals surface area contributed by atoms with Gasteiger partial charge in [0.05, 0.1) is 23.3 Å². The highest BCUT2D eigenvalue weighted by molar-refractivity contribution is 7.99. The van der Waals surface area contributed by atoms with Gasteiger partial charge >= 0.3 is 0 Å². The van der Waals surface area contributed by atoms with E-state index in [1.54, 1.807) is 47.0 Å². The number of piperazine rings is 1. The van der Waals surface area contributed by atoms with Crippen molar-refractivity contribution in [2.75, 3.05) is 56.2 Å². The lowest BCUT2D eigenvalue weighted by Crippen LogP contribution is -2.52. The van der Waals surface area contributed by atoms with Gasteiger partial charge in [-0.3, -0.25) is 34.2 Å². The number of aromatic nitrogens is 2. The van der Waals surface area contributed by atoms with Crippen LogP contribution in [0.4, 0.5) is 21.6 Å². The quantitative estimate of drug-likeness (QED) is 0.0633. The first-order chi connectivity index (χ1) is 28.1. The van der Waals surface area contributed by atoms with E-state index in [1.807, 2.05) is 17.0 Å². The van der Waals surface area contributed by atoms with Crippen LogP contribution in [-0.2, 0) is 25.7 Å². The zero-order valence-corrected chi connectivity index (χ0v) is 33.3. The summed E-state index contributed by atoms with van der Waals surface area (Å²) in [5, 5.41) is 8.91. The van der Waals surface area contributed by atoms with Crippen LogP contribution in [0, 0.1) is 5.82 Å². The number of unbranched alkanes of at least 4 members (excludes halogenated alkanes) is 1. The van der Waals surface area contributed by atoms with Gasteiger partial charge in [0.1, 0.15) is 29.8 Å². The van der Waals surface area contributed by atoms with Gasteiger partial charge in [0.25, 0.3) is 5.91 Å². The average molecular weight is 829 g/mol. The standard InChI is InChI=1S/C41H42ClFN8O6S/c1-57-34-22-31-27(39(45-24-44-31)46-25-10-11-30(43)29(42)20-25)21-32(34)47-36(52)8-5-14-49-15-17-50(18-16-49)38(54)9-2-3-19-58-35-7-4-6-26-28(35)23-51(41(26)56)33-12-13-37(53)48-40(33)55/h4-8,10-11,20-22,24,33H,2-3,9,12-19,23H2,1H3,(H,47,52)(H,44,45,46)(H,48,53,55)/b8-5+. The number of carbonyl (C=O) groups excluding carboxylic acids is 5. The smallest absolute Gasteiger partial charge is 0.255 e. The van der Waals surface area contributed by atoms with Crippen LogP contribution in [0.15, 0.2) is 71.9 Å². The number of fused-ring (bicyclic) bond motifs is 2. The number of amides is 5. The van der Waals surface area contributed by atoms with Crippen LogP contribution in [0.25, 0.3) is 10.9 Å². The number of methoxy groups -OCH3 is 1. The molecule has 3 N–H and O–H groups in total. The fraction of sp³-hybridized carbons (Fsp3) is 0.341. The SMILES string of the molecule is COc1cc2ncnc(Nc3ccc(F)c(Cl)c3)c2cc1NC(=O)/C=C/CN1CCN(C(=O)CCCCSc2cccc3c2CN(C2CCC(=O)NC2=O)C3=O)CC1. The number of rotatable bonds is 14. The Kier molecular flexibility index (Phi) is 12.8. The molecule has 5 amide bonds. The second-order valence-corrected chi connectivity index (χ2v) is 15.7. The molecule has 2 fully saturated rings. The monoisotopic (exact) mass is 828 g/mol. The largest absolute Gasteiger partial charge is 0.494 e. The number of thioether (sulfide) groups is 1. The molecule has 17 heteroatoms. The number of imide groups is 1. The summed E-state index contributed by atoms with van der Waals surface area (Å²) in [5.41, 5.74) is 3.03. The Bertz CT molecular complexity index is 2290. The van der Waals surface area contributed by atoms with Crippen molar-refractivity contribution in [3.63, 3.8) is 0 Å². The lowest BCUT2D eigenvalue weighted by molar-refractivity contribution is -0.137. The van der Waals surface area contributed by atoms with E-state index in [2.05, 4.69) is 30.8 Å². The first kappa shape index (κ1) is 40.6. The zero-order valence-electron chi connectivity index (χ0n) is 31.8. The molecule has 14 nitrogen and oxygen atoms in total. The van der Waals surface area contributed by atoms with Crippen LogP contribution in [-0.4, -0.2) is 106 Å². The van der Waals surface area contributed by atoms with Crippen molar-refractivity contribution in [3.05, 3.63) is 89.0 Å². The van der Waals surface area contributed by atoms with Crippen LogP contribution in [0.1, 0.15) is 48.0 Å². The van der Waals surface area contributed by atoms with E-state index < -0.39 is 17.8 Å². The molecule has 0 aliphatic carbocycles. The number of hydrogen-bond donors (Lipinski definition) is 3. The molecule has 302 valence electrons. The second kappa shape index (κ2) is 18.3. The van der Waals surface area contributed by atoms with Crippen LogP contribution < -0.4 is 20.7 Å². The molecule has 3 aromatic carbocycles. The highest BCUT2D eigenvalue weighted by Crippen LogP contribution is 2.36. The predicted octanol–water partition coefficient (Wildman–Crippen LogP) is 5.54. The molecule has 3 aliphatic heterocycles. The minimum absolute atomic E-state index is 0.0310. The van der Waals surface area contributed by atoms with Gasteiger partial charge in [-0.2, -0.15) is 0 Å². The Morgan fingerprint density at radius 2 is 1.90 bits per heavy atom. The molecule has 0 bridgehead atoms. The number of anilines is 3. The van der Waals surface area contributed by atoms with E-state index in [-0.39, 0.29) is 35.1 Å². The maximum absolute atomic E-state index is 13.7. The van der Waals surface area contributed by atoms with Gasteiger partial charge in [0, 0.05) is 85.8 Å². The Hall–Kier alpha value is -5.58. The van der Waals surface area contributed by atoms with Gasteiger partial charge in [-0.1, -0.05) is 23.7 Å². The molecule has 1 atom stereocenters. The number of nitrogens with zero attached hydrogens (tertiary/aromatic N) is 5. The highest BCUT2D eigenvalue weighted by atomic mass is 35.5. The fourth-order valence-corrected chi connectivity index (χ4v) is 8.51. The van der Waals surface area contributed by atoms with E-state index in [4.69, 9.17) is 16.3 Å². The number of hydrogen-bond acceptors (Lipinski definition) is 11. The Morgan fingerprint density at radius 3 is 2.67 bits per heavy atom. The van der Waals surface area contributed by atoms with Gasteiger partial charge in [0.2, 0.25) is 23.6 Å². The summed E-state index contributed by atoms with van der Waals surface area (Å²) in [5.74, 6) is -0.0314. The number of halogens is 2. The van der Waals surface area contributed by atoms with E-state index in [9.17, 15) is 28.4 Å². The maximum atomic E-state index is 13.7. The van der Waals surface area contributed by atoms with Gasteiger partial charge < -0.3 is 25.2 Å². The average Bonchev–Trinajstić information content (AvgIpc) is 3.55. The molecular formula is C41H42ClFN8O6S. The van der Waals surface area contributed by atoms with Crippen molar-refractivity contribution in [3.8, 4) is 5.75 Å². The lowest BCUT2D eigenvalue weighted by atomic mass is 10.0.